The highest BCUT2D eigenvalue weighted by molar-refractivity contribution is 5.76. The molecule has 0 spiro atoms. The second kappa shape index (κ2) is 64.6. The van der Waals surface area contributed by atoms with E-state index in [1.54, 1.807) is 6.08 Å². The minimum atomic E-state index is -0.853. The van der Waals surface area contributed by atoms with Crippen LogP contribution < -0.4 is 5.32 Å². The molecule has 6 heteroatoms. The predicted octanol–water partition coefficient (Wildman–Crippen LogP) is 21.5. The van der Waals surface area contributed by atoms with E-state index in [0.29, 0.717) is 19.4 Å². The molecule has 0 radical (unpaired) electrons. The number of nitrogens with one attached hydrogen (secondary N) is 1. The maximum Gasteiger partial charge on any atom is 0.305 e. The van der Waals surface area contributed by atoms with Gasteiger partial charge in [-0.25, -0.2) is 0 Å². The second-order valence-corrected chi connectivity index (χ2v) is 23.2. The van der Waals surface area contributed by atoms with Crippen LogP contribution >= 0.6 is 0 Å². The van der Waals surface area contributed by atoms with E-state index in [4.69, 9.17) is 4.74 Å². The Morgan fingerprint density at radius 3 is 0.987 bits per heavy atom. The van der Waals surface area contributed by atoms with Gasteiger partial charge in [0, 0.05) is 12.8 Å². The van der Waals surface area contributed by atoms with E-state index in [-0.39, 0.29) is 18.5 Å². The van der Waals surface area contributed by atoms with Crippen molar-refractivity contribution >= 4 is 11.9 Å². The van der Waals surface area contributed by atoms with Crippen molar-refractivity contribution in [2.24, 2.45) is 0 Å². The normalized spacial score (nSPS) is 12.7. The van der Waals surface area contributed by atoms with Gasteiger partial charge in [0.2, 0.25) is 5.91 Å². The Balaban J connectivity index is 3.48. The molecule has 2 unspecified atom stereocenters. The minimum absolute atomic E-state index is 0.00920. The third kappa shape index (κ3) is 61.2. The molecule has 6 nitrogen and oxygen atoms in total. The summed E-state index contributed by atoms with van der Waals surface area (Å²) in [5.74, 6) is -0.0839. The Bertz CT molecular complexity index is 1210. The number of carbonyl (C=O) groups excluding carboxylic acids is 2. The number of hydrogen-bond acceptors (Lipinski definition) is 5. The third-order valence-electron chi connectivity index (χ3n) is 15.7. The first-order valence-corrected chi connectivity index (χ1v) is 33.8. The summed E-state index contributed by atoms with van der Waals surface area (Å²) in [5.41, 5.74) is 0. The molecule has 0 bridgehead atoms. The van der Waals surface area contributed by atoms with Crippen LogP contribution in [0.25, 0.3) is 0 Å². The van der Waals surface area contributed by atoms with Crippen molar-refractivity contribution in [3.05, 3.63) is 36.5 Å². The Hall–Kier alpha value is -1.92. The number of ether oxygens (including phenoxy) is 1. The summed E-state index contributed by atoms with van der Waals surface area (Å²) in [4.78, 5) is 24.6. The highest BCUT2D eigenvalue weighted by atomic mass is 16.5. The molecular weight excluding hydrogens is 923 g/mol. The van der Waals surface area contributed by atoms with Gasteiger partial charge in [0.05, 0.1) is 25.4 Å². The fraction of sp³-hybridized carbons (Fsp3) is 0.884. The van der Waals surface area contributed by atoms with E-state index in [9.17, 15) is 19.8 Å². The number of esters is 1. The molecule has 0 rings (SSSR count). The lowest BCUT2D eigenvalue weighted by Gasteiger charge is -2.20. The van der Waals surface area contributed by atoms with Crippen molar-refractivity contribution in [1.29, 1.82) is 0 Å². The largest absolute Gasteiger partial charge is 0.466 e. The van der Waals surface area contributed by atoms with Gasteiger partial charge < -0.3 is 20.3 Å². The lowest BCUT2D eigenvalue weighted by molar-refractivity contribution is -0.143. The highest BCUT2D eigenvalue weighted by Gasteiger charge is 2.18. The van der Waals surface area contributed by atoms with E-state index >= 15 is 0 Å². The van der Waals surface area contributed by atoms with Gasteiger partial charge in [-0.1, -0.05) is 326 Å². The number of rotatable bonds is 63. The molecule has 0 aromatic heterocycles. The van der Waals surface area contributed by atoms with E-state index in [2.05, 4.69) is 43.5 Å². The van der Waals surface area contributed by atoms with Crippen LogP contribution in [-0.2, 0) is 14.3 Å². The summed E-state index contributed by atoms with van der Waals surface area (Å²) in [7, 11) is 0. The maximum atomic E-state index is 12.5. The Kier molecular flexibility index (Phi) is 63.0. The molecule has 0 fully saturated rings. The number of aliphatic hydroxyl groups is 2. The van der Waals surface area contributed by atoms with E-state index in [0.717, 1.165) is 77.0 Å². The predicted molar refractivity (Wildman–Crippen MR) is 329 cm³/mol. The second-order valence-electron chi connectivity index (χ2n) is 23.2. The maximum absolute atomic E-state index is 12.5. The van der Waals surface area contributed by atoms with Gasteiger partial charge in [-0.3, -0.25) is 9.59 Å². The summed E-state index contributed by atoms with van der Waals surface area (Å²) in [6, 6.07) is -0.637. The van der Waals surface area contributed by atoms with Crippen LogP contribution in [0.4, 0.5) is 0 Å². The topological polar surface area (TPSA) is 95.9 Å². The monoisotopic (exact) mass is 1050 g/mol. The Labute approximate surface area is 468 Å². The highest BCUT2D eigenvalue weighted by Crippen LogP contribution is 2.18. The molecule has 0 saturated carbocycles. The first kappa shape index (κ1) is 73.1. The van der Waals surface area contributed by atoms with Crippen molar-refractivity contribution in [2.75, 3.05) is 13.2 Å². The lowest BCUT2D eigenvalue weighted by atomic mass is 10.0. The molecule has 1 amide bonds. The van der Waals surface area contributed by atoms with Gasteiger partial charge in [-0.2, -0.15) is 0 Å². The summed E-state index contributed by atoms with van der Waals surface area (Å²) in [6.07, 6.45) is 82.0. The average molecular weight is 1050 g/mol. The minimum Gasteiger partial charge on any atom is -0.466 e. The number of aliphatic hydroxyl groups excluding tert-OH is 2. The van der Waals surface area contributed by atoms with Crippen molar-refractivity contribution in [2.45, 2.75) is 379 Å². The zero-order valence-corrected chi connectivity index (χ0v) is 50.5. The first-order chi connectivity index (χ1) is 37.0. The summed E-state index contributed by atoms with van der Waals surface area (Å²) in [6.45, 7) is 4.90. The zero-order chi connectivity index (χ0) is 54.3. The molecular formula is C69H131NO5. The molecule has 0 heterocycles. The average Bonchev–Trinajstić information content (AvgIpc) is 3.41. The summed E-state index contributed by atoms with van der Waals surface area (Å²) < 4.78 is 5.48. The molecule has 0 saturated heterocycles. The molecule has 0 aliphatic carbocycles. The van der Waals surface area contributed by atoms with Crippen molar-refractivity contribution in [3.63, 3.8) is 0 Å². The molecule has 2 atom stereocenters. The first-order valence-electron chi connectivity index (χ1n) is 33.8. The van der Waals surface area contributed by atoms with Gasteiger partial charge in [0.1, 0.15) is 0 Å². The molecule has 0 aliphatic heterocycles. The fourth-order valence-corrected chi connectivity index (χ4v) is 10.5. The molecule has 442 valence electrons. The van der Waals surface area contributed by atoms with E-state index in [1.165, 1.54) is 263 Å². The summed E-state index contributed by atoms with van der Waals surface area (Å²) in [5, 5.41) is 23.2. The standard InChI is InChI=1S/C69H131NO5/c1-3-5-7-9-11-13-15-17-19-21-23-24-26-29-33-37-41-45-49-53-57-61-67(72)66(65-71)70-68(73)62-58-54-50-46-42-38-34-30-27-25-28-32-36-40-44-48-52-56-60-64-75-69(74)63-59-55-51-47-43-39-35-31-22-20-18-16-14-12-10-8-6-4-2/h32,36,40,44,57,61,66-67,71-72H,3-31,33-35,37-39,41-43,45-56,58-60,62-65H2,1-2H3,(H,70,73)/b36-32-,44-40-,61-57+. The molecule has 0 aromatic carbocycles. The number of unbranched alkanes of at least 4 members (excludes halogenated alkanes) is 49. The number of amides is 1. The number of carbonyl (C=O) groups is 2. The van der Waals surface area contributed by atoms with Gasteiger partial charge in [0.25, 0.3) is 0 Å². The van der Waals surface area contributed by atoms with Crippen LogP contribution in [0, 0.1) is 0 Å². The molecule has 0 aliphatic rings. The van der Waals surface area contributed by atoms with E-state index < -0.39 is 12.1 Å². The van der Waals surface area contributed by atoms with E-state index in [1.807, 2.05) is 6.08 Å². The lowest BCUT2D eigenvalue weighted by Crippen LogP contribution is -2.45. The SMILES string of the molecule is CCCCCCCCCCCCCCCCCCCCC/C=C/C(O)C(CO)NC(=O)CCCCCCCCCCCC/C=C\C=C/CCCCCOC(=O)CCCCCCCCCCCCCCCCCCCC. The molecule has 75 heavy (non-hydrogen) atoms. The van der Waals surface area contributed by atoms with Crippen LogP contribution in [0.2, 0.25) is 0 Å². The molecule has 0 aromatic rings. The van der Waals surface area contributed by atoms with Crippen LogP contribution in [0.15, 0.2) is 36.5 Å². The van der Waals surface area contributed by atoms with Crippen molar-refractivity contribution in [3.8, 4) is 0 Å². The van der Waals surface area contributed by atoms with Crippen LogP contribution in [0.3, 0.4) is 0 Å². The number of allylic oxidation sites excluding steroid dienone is 5. The fourth-order valence-electron chi connectivity index (χ4n) is 10.5. The van der Waals surface area contributed by atoms with Gasteiger partial charge >= 0.3 is 5.97 Å². The van der Waals surface area contributed by atoms with Crippen LogP contribution in [0.5, 0.6) is 0 Å². The number of hydrogen-bond donors (Lipinski definition) is 3. The molecule has 3 N–H and O–H groups in total. The van der Waals surface area contributed by atoms with Gasteiger partial charge in [-0.05, 0) is 64.2 Å². The van der Waals surface area contributed by atoms with Crippen molar-refractivity contribution < 1.29 is 24.5 Å². The van der Waals surface area contributed by atoms with Crippen LogP contribution in [0.1, 0.15) is 367 Å². The Morgan fingerprint density at radius 1 is 0.373 bits per heavy atom. The van der Waals surface area contributed by atoms with Crippen LogP contribution in [-0.4, -0.2) is 47.4 Å². The smallest absolute Gasteiger partial charge is 0.305 e. The Morgan fingerprint density at radius 2 is 0.653 bits per heavy atom. The van der Waals surface area contributed by atoms with Gasteiger partial charge in [0.15, 0.2) is 0 Å². The third-order valence-corrected chi connectivity index (χ3v) is 15.7. The summed E-state index contributed by atoms with van der Waals surface area (Å²) >= 11 is 0. The zero-order valence-electron chi connectivity index (χ0n) is 50.5. The quantitative estimate of drug-likeness (QED) is 0.0244. The van der Waals surface area contributed by atoms with Crippen molar-refractivity contribution in [1.82, 2.24) is 5.32 Å². The van der Waals surface area contributed by atoms with Gasteiger partial charge in [-0.15, -0.1) is 0 Å².